The molecule has 35 heavy (non-hydrogen) atoms. The van der Waals surface area contributed by atoms with Gasteiger partial charge < -0.3 is 0 Å². The summed E-state index contributed by atoms with van der Waals surface area (Å²) in [6, 6.07) is 6.95. The van der Waals surface area contributed by atoms with E-state index in [0.29, 0.717) is 29.1 Å². The molecular weight excluding hydrogens is 528 g/mol. The van der Waals surface area contributed by atoms with Gasteiger partial charge >= 0.3 is 6.18 Å². The summed E-state index contributed by atoms with van der Waals surface area (Å²) in [5, 5.41) is 2.00. The molecule has 0 amide bonds. The van der Waals surface area contributed by atoms with Crippen LogP contribution in [0.5, 0.6) is 0 Å². The highest BCUT2D eigenvalue weighted by molar-refractivity contribution is 7.89. The molecule has 0 aliphatic carbocycles. The van der Waals surface area contributed by atoms with Gasteiger partial charge in [0.1, 0.15) is 5.82 Å². The molecule has 12 heteroatoms. The fourth-order valence-corrected chi connectivity index (χ4v) is 6.66. The molecule has 1 aromatic heterocycles. The van der Waals surface area contributed by atoms with Crippen molar-refractivity contribution in [3.63, 3.8) is 0 Å². The fourth-order valence-electron chi connectivity index (χ4n) is 3.91. The van der Waals surface area contributed by atoms with Crippen LogP contribution in [-0.4, -0.2) is 36.1 Å². The number of ketones is 1. The van der Waals surface area contributed by atoms with Crippen LogP contribution in [0.3, 0.4) is 0 Å². The summed E-state index contributed by atoms with van der Waals surface area (Å²) in [5.41, 5.74) is 0.281. The summed E-state index contributed by atoms with van der Waals surface area (Å²) in [5.74, 6) is -0.996. The summed E-state index contributed by atoms with van der Waals surface area (Å²) >= 11 is 7.01. The molecule has 3 aromatic rings. The molecule has 0 N–H and O–H groups in total. The molecular formula is C23H19ClF4N2O3S2. The summed E-state index contributed by atoms with van der Waals surface area (Å²) in [7, 11) is -4.03. The van der Waals surface area contributed by atoms with Crippen molar-refractivity contribution >= 4 is 38.7 Å². The molecule has 0 unspecified atom stereocenters. The third kappa shape index (κ3) is 5.58. The number of aromatic nitrogens is 1. The minimum absolute atomic E-state index is 0.0564. The van der Waals surface area contributed by atoms with E-state index in [1.807, 2.05) is 0 Å². The van der Waals surface area contributed by atoms with E-state index in [1.54, 1.807) is 5.38 Å². The molecule has 186 valence electrons. The third-order valence-electron chi connectivity index (χ3n) is 5.72. The van der Waals surface area contributed by atoms with E-state index in [2.05, 4.69) is 4.98 Å². The van der Waals surface area contributed by atoms with Crippen LogP contribution >= 0.6 is 22.9 Å². The van der Waals surface area contributed by atoms with Crippen molar-refractivity contribution in [3.05, 3.63) is 69.3 Å². The highest BCUT2D eigenvalue weighted by Gasteiger charge is 2.39. The van der Waals surface area contributed by atoms with Crippen LogP contribution in [0.2, 0.25) is 5.02 Å². The minimum atomic E-state index is -4.42. The number of Topliss-reactive ketones (excluding diaryl/α,β-unsaturated/α-hetero) is 1. The lowest BCUT2D eigenvalue weighted by Gasteiger charge is -2.23. The predicted molar refractivity (Wildman–Crippen MR) is 124 cm³/mol. The molecule has 2 aromatic carbocycles. The number of alkyl halides is 3. The second kappa shape index (κ2) is 9.96. The molecule has 0 spiro atoms. The van der Waals surface area contributed by atoms with Gasteiger partial charge in [-0.15, -0.1) is 11.3 Å². The zero-order valence-electron chi connectivity index (χ0n) is 18.1. The molecule has 2 heterocycles. The molecule has 4 rings (SSSR count). The molecule has 1 atom stereocenters. The highest BCUT2D eigenvalue weighted by Crippen LogP contribution is 2.32. The zero-order chi connectivity index (χ0) is 25.4. The average molecular weight is 547 g/mol. The topological polar surface area (TPSA) is 67.3 Å². The molecule has 0 bridgehead atoms. The monoisotopic (exact) mass is 546 g/mol. The van der Waals surface area contributed by atoms with Crippen molar-refractivity contribution in [1.29, 1.82) is 0 Å². The van der Waals surface area contributed by atoms with E-state index < -0.39 is 33.6 Å². The van der Waals surface area contributed by atoms with Crippen molar-refractivity contribution in [2.24, 2.45) is 0 Å². The largest absolute Gasteiger partial charge is 0.416 e. The van der Waals surface area contributed by atoms with E-state index >= 15 is 0 Å². The molecule has 1 fully saturated rings. The van der Waals surface area contributed by atoms with Crippen molar-refractivity contribution in [3.8, 4) is 11.3 Å². The molecule has 1 saturated heterocycles. The van der Waals surface area contributed by atoms with Crippen molar-refractivity contribution < 1.29 is 30.8 Å². The van der Waals surface area contributed by atoms with Crippen molar-refractivity contribution in [1.82, 2.24) is 9.29 Å². The van der Waals surface area contributed by atoms with Crippen LogP contribution in [-0.2, 0) is 27.4 Å². The molecule has 0 radical (unpaired) electrons. The number of benzene rings is 2. The van der Waals surface area contributed by atoms with Crippen LogP contribution < -0.4 is 0 Å². The number of aryl methyl sites for hydroxylation is 1. The zero-order valence-corrected chi connectivity index (χ0v) is 20.4. The summed E-state index contributed by atoms with van der Waals surface area (Å²) in [6.45, 7) is 0.170. The second-order valence-corrected chi connectivity index (χ2v) is 11.3. The Balaban J connectivity index is 1.42. The Morgan fingerprint density at radius 3 is 2.54 bits per heavy atom. The lowest BCUT2D eigenvalue weighted by molar-refractivity contribution is -0.137. The van der Waals surface area contributed by atoms with E-state index in [4.69, 9.17) is 11.6 Å². The third-order valence-corrected chi connectivity index (χ3v) is 8.82. The Labute approximate surface area is 208 Å². The Morgan fingerprint density at radius 1 is 1.17 bits per heavy atom. The highest BCUT2D eigenvalue weighted by atomic mass is 35.5. The van der Waals surface area contributed by atoms with Gasteiger partial charge in [0.25, 0.3) is 0 Å². The number of halogens is 5. The van der Waals surface area contributed by atoms with Gasteiger partial charge in [0.15, 0.2) is 5.78 Å². The van der Waals surface area contributed by atoms with Gasteiger partial charge in [0.2, 0.25) is 10.0 Å². The van der Waals surface area contributed by atoms with Crippen LogP contribution in [0.4, 0.5) is 17.6 Å². The lowest BCUT2D eigenvalue weighted by atomic mass is 10.1. The minimum Gasteiger partial charge on any atom is -0.298 e. The first kappa shape index (κ1) is 25.7. The SMILES string of the molecule is O=C(CCc1nc(-c2ccc(C(F)(F)F)cc2)cs1)[C@@H]1CCCN1S(=O)(=O)c1ccc(F)c(Cl)c1. The van der Waals surface area contributed by atoms with E-state index in [-0.39, 0.29) is 35.1 Å². The number of hydrogen-bond donors (Lipinski definition) is 0. The number of thiazole rings is 1. The van der Waals surface area contributed by atoms with E-state index in [9.17, 15) is 30.8 Å². The first-order chi connectivity index (χ1) is 16.5. The van der Waals surface area contributed by atoms with Crippen molar-refractivity contribution in [2.75, 3.05) is 6.54 Å². The van der Waals surface area contributed by atoms with Crippen LogP contribution in [0.15, 0.2) is 52.7 Å². The van der Waals surface area contributed by atoms with Gasteiger partial charge in [-0.2, -0.15) is 17.5 Å². The van der Waals surface area contributed by atoms with Gasteiger partial charge in [-0.1, -0.05) is 23.7 Å². The summed E-state index contributed by atoms with van der Waals surface area (Å²) < 4.78 is 78.9. The maximum absolute atomic E-state index is 13.5. The number of rotatable bonds is 7. The smallest absolute Gasteiger partial charge is 0.298 e. The Bertz CT molecular complexity index is 1340. The lowest BCUT2D eigenvalue weighted by Crippen LogP contribution is -2.40. The van der Waals surface area contributed by atoms with Gasteiger partial charge in [-0.3, -0.25) is 4.79 Å². The van der Waals surface area contributed by atoms with Crippen molar-refractivity contribution in [2.45, 2.75) is 42.8 Å². The average Bonchev–Trinajstić information content (AvgIpc) is 3.49. The number of nitrogens with zero attached hydrogens (tertiary/aromatic N) is 2. The second-order valence-electron chi connectivity index (χ2n) is 8.02. The van der Waals surface area contributed by atoms with Crippen LogP contribution in [0.25, 0.3) is 11.3 Å². The number of carbonyl (C=O) groups is 1. The number of carbonyl (C=O) groups excluding carboxylic acids is 1. The maximum atomic E-state index is 13.5. The van der Waals surface area contributed by atoms with Crippen LogP contribution in [0, 0.1) is 5.82 Å². The summed E-state index contributed by atoms with van der Waals surface area (Å²) in [4.78, 5) is 17.1. The normalized spacial score (nSPS) is 17.1. The number of sulfonamides is 1. The number of hydrogen-bond acceptors (Lipinski definition) is 5. The standard InChI is InChI=1S/C23H19ClF4N2O3S2/c24-17-12-16(7-8-18(17)25)35(32,33)30-11-1-2-20(30)21(31)9-10-22-29-19(13-34-22)14-3-5-15(6-4-14)23(26,27)28/h3-8,12-13,20H,1-2,9-11H2/t20-/m0/s1. The van der Waals surface area contributed by atoms with Gasteiger partial charge in [0.05, 0.1) is 32.2 Å². The Morgan fingerprint density at radius 2 is 1.89 bits per heavy atom. The molecule has 1 aliphatic heterocycles. The summed E-state index contributed by atoms with van der Waals surface area (Å²) in [6.07, 6.45) is -3.20. The fraction of sp³-hybridized carbons (Fsp3) is 0.304. The molecule has 0 saturated carbocycles. The van der Waals surface area contributed by atoms with Gasteiger partial charge in [-0.25, -0.2) is 17.8 Å². The quantitative estimate of drug-likeness (QED) is 0.342. The Hall–Kier alpha value is -2.34. The van der Waals surface area contributed by atoms with Gasteiger partial charge in [-0.05, 0) is 43.2 Å². The molecule has 5 nitrogen and oxygen atoms in total. The predicted octanol–water partition coefficient (Wildman–Crippen LogP) is 5.98. The first-order valence-corrected chi connectivity index (χ1v) is 13.3. The van der Waals surface area contributed by atoms with Crippen LogP contribution in [0.1, 0.15) is 29.8 Å². The first-order valence-electron chi connectivity index (χ1n) is 10.6. The van der Waals surface area contributed by atoms with E-state index in [1.165, 1.54) is 23.5 Å². The van der Waals surface area contributed by atoms with Gasteiger partial charge in [0, 0.05) is 30.3 Å². The molecule has 1 aliphatic rings. The maximum Gasteiger partial charge on any atom is 0.416 e. The van der Waals surface area contributed by atoms with E-state index in [0.717, 1.165) is 34.6 Å². The Kier molecular flexibility index (Phi) is 7.33.